The van der Waals surface area contributed by atoms with E-state index in [1.54, 1.807) is 0 Å². The summed E-state index contributed by atoms with van der Waals surface area (Å²) in [6.45, 7) is 0.226. The first-order chi connectivity index (χ1) is 8.72. The quantitative estimate of drug-likeness (QED) is 0.795. The largest absolute Gasteiger partial charge is 0.469 e. The summed E-state index contributed by atoms with van der Waals surface area (Å²) in [6.07, 6.45) is 5.36. The number of rotatable bonds is 4. The van der Waals surface area contributed by atoms with Gasteiger partial charge in [0.1, 0.15) is 5.82 Å². The predicted molar refractivity (Wildman–Crippen MR) is 65.0 cm³/mol. The smallest absolute Gasteiger partial charge is 0.305 e. The van der Waals surface area contributed by atoms with Gasteiger partial charge >= 0.3 is 5.97 Å². The Labute approximate surface area is 106 Å². The normalized spacial score (nSPS) is 18.2. The Morgan fingerprint density at radius 3 is 3.17 bits per heavy atom. The number of aryl methyl sites for hydroxylation is 2. The van der Waals surface area contributed by atoms with Crippen molar-refractivity contribution in [1.82, 2.24) is 9.97 Å². The van der Waals surface area contributed by atoms with Crippen LogP contribution in [-0.4, -0.2) is 34.8 Å². The lowest BCUT2D eigenvalue weighted by Crippen LogP contribution is -2.19. The maximum absolute atomic E-state index is 11.1. The van der Waals surface area contributed by atoms with Gasteiger partial charge in [-0.3, -0.25) is 4.79 Å². The van der Waals surface area contributed by atoms with Crippen molar-refractivity contribution in [3.63, 3.8) is 0 Å². The molecule has 0 radical (unpaired) electrons. The lowest BCUT2D eigenvalue weighted by Gasteiger charge is -2.21. The molecule has 5 nitrogen and oxygen atoms in total. The van der Waals surface area contributed by atoms with E-state index >= 15 is 0 Å². The van der Waals surface area contributed by atoms with Gasteiger partial charge in [-0.25, -0.2) is 9.97 Å². The summed E-state index contributed by atoms with van der Waals surface area (Å²) in [5.74, 6) is 0.792. The van der Waals surface area contributed by atoms with Crippen molar-refractivity contribution in [3.05, 3.63) is 23.3 Å². The third-order valence-corrected chi connectivity index (χ3v) is 3.34. The van der Waals surface area contributed by atoms with Crippen LogP contribution in [0.5, 0.6) is 0 Å². The number of hydrogen-bond donors (Lipinski definition) is 1. The molecule has 2 rings (SSSR count). The van der Waals surface area contributed by atoms with Gasteiger partial charge in [-0.05, 0) is 30.7 Å². The first-order valence-electron chi connectivity index (χ1n) is 6.24. The number of methoxy groups -OCH3 is 1. The Kier molecular flexibility index (Phi) is 4.25. The highest BCUT2D eigenvalue weighted by molar-refractivity contribution is 5.69. The first-order valence-corrected chi connectivity index (χ1v) is 6.24. The van der Waals surface area contributed by atoms with Crippen LogP contribution >= 0.6 is 0 Å². The van der Waals surface area contributed by atoms with E-state index in [0.717, 1.165) is 30.5 Å². The highest BCUT2D eigenvalue weighted by atomic mass is 16.5. The summed E-state index contributed by atoms with van der Waals surface area (Å²) >= 11 is 0. The van der Waals surface area contributed by atoms with Crippen molar-refractivity contribution in [2.45, 2.75) is 32.1 Å². The maximum atomic E-state index is 11.1. The molecule has 1 unspecified atom stereocenters. The third-order valence-electron chi connectivity index (χ3n) is 3.34. The van der Waals surface area contributed by atoms with Gasteiger partial charge in [-0.1, -0.05) is 0 Å². The van der Waals surface area contributed by atoms with Gasteiger partial charge in [0.15, 0.2) is 0 Å². The average Bonchev–Trinajstić information content (AvgIpc) is 2.43. The fourth-order valence-corrected chi connectivity index (χ4v) is 2.22. The fraction of sp³-hybridized carbons (Fsp3) is 0.615. The van der Waals surface area contributed by atoms with Gasteiger partial charge in [0.05, 0.1) is 13.5 Å². The van der Waals surface area contributed by atoms with Crippen molar-refractivity contribution in [2.75, 3.05) is 13.7 Å². The molecular weight excluding hydrogens is 232 g/mol. The second-order valence-corrected chi connectivity index (χ2v) is 4.63. The summed E-state index contributed by atoms with van der Waals surface area (Å²) in [4.78, 5) is 19.8. The number of ether oxygens (including phenoxy) is 1. The van der Waals surface area contributed by atoms with Crippen molar-refractivity contribution in [1.29, 1.82) is 0 Å². The molecule has 0 aromatic carbocycles. The minimum absolute atomic E-state index is 0.226. The Hall–Kier alpha value is -1.49. The second kappa shape index (κ2) is 5.91. The van der Waals surface area contributed by atoms with E-state index in [4.69, 9.17) is 5.11 Å². The summed E-state index contributed by atoms with van der Waals surface area (Å²) in [7, 11) is 1.38. The molecule has 1 heterocycles. The molecule has 0 saturated carbocycles. The average molecular weight is 250 g/mol. The van der Waals surface area contributed by atoms with Gasteiger partial charge in [0.25, 0.3) is 0 Å². The number of carbonyl (C=O) groups excluding carboxylic acids is 1. The van der Waals surface area contributed by atoms with Crippen LogP contribution in [0.1, 0.15) is 29.9 Å². The highest BCUT2D eigenvalue weighted by Crippen LogP contribution is 2.23. The van der Waals surface area contributed by atoms with Crippen LogP contribution in [-0.2, 0) is 28.8 Å². The molecule has 0 aliphatic heterocycles. The van der Waals surface area contributed by atoms with E-state index in [2.05, 4.69) is 14.7 Å². The van der Waals surface area contributed by atoms with Crippen molar-refractivity contribution >= 4 is 5.97 Å². The molecule has 0 fully saturated rings. The Morgan fingerprint density at radius 2 is 2.44 bits per heavy atom. The predicted octanol–water partition coefficient (Wildman–Crippen LogP) is 0.679. The van der Waals surface area contributed by atoms with E-state index in [0.29, 0.717) is 24.6 Å². The first kappa shape index (κ1) is 13.0. The van der Waals surface area contributed by atoms with Crippen molar-refractivity contribution < 1.29 is 14.6 Å². The molecule has 1 aliphatic rings. The zero-order valence-electron chi connectivity index (χ0n) is 10.6. The molecule has 1 atom stereocenters. The van der Waals surface area contributed by atoms with E-state index < -0.39 is 0 Å². The number of hydrogen-bond acceptors (Lipinski definition) is 5. The van der Waals surface area contributed by atoms with Crippen LogP contribution in [0.4, 0.5) is 0 Å². The number of aliphatic hydroxyl groups excluding tert-OH is 1. The molecular formula is C13H18N2O3. The minimum atomic E-state index is -0.239. The highest BCUT2D eigenvalue weighted by Gasteiger charge is 2.19. The lowest BCUT2D eigenvalue weighted by atomic mass is 9.88. The number of aromatic nitrogens is 2. The number of aliphatic hydroxyl groups is 1. The van der Waals surface area contributed by atoms with Crippen molar-refractivity contribution in [2.24, 2.45) is 5.92 Å². The molecule has 1 aliphatic carbocycles. The topological polar surface area (TPSA) is 72.3 Å². The monoisotopic (exact) mass is 250 g/mol. The zero-order chi connectivity index (χ0) is 13.0. The summed E-state index contributed by atoms with van der Waals surface area (Å²) in [5, 5.41) is 9.15. The van der Waals surface area contributed by atoms with Crippen LogP contribution in [0.2, 0.25) is 0 Å². The molecule has 1 aromatic rings. The SMILES string of the molecule is COC(=O)CCc1ncc2c(n1)CCC(CO)C2. The molecule has 98 valence electrons. The van der Waals surface area contributed by atoms with E-state index in [1.807, 2.05) is 6.20 Å². The number of esters is 1. The minimum Gasteiger partial charge on any atom is -0.469 e. The molecule has 18 heavy (non-hydrogen) atoms. The molecule has 5 heteroatoms. The van der Waals surface area contributed by atoms with E-state index in [9.17, 15) is 4.79 Å². The van der Waals surface area contributed by atoms with Gasteiger partial charge in [0.2, 0.25) is 0 Å². The number of carbonyl (C=O) groups is 1. The zero-order valence-corrected chi connectivity index (χ0v) is 10.6. The number of nitrogens with zero attached hydrogens (tertiary/aromatic N) is 2. The maximum Gasteiger partial charge on any atom is 0.305 e. The van der Waals surface area contributed by atoms with E-state index in [1.165, 1.54) is 7.11 Å². The van der Waals surface area contributed by atoms with Crippen molar-refractivity contribution in [3.8, 4) is 0 Å². The Balaban J connectivity index is 2.02. The van der Waals surface area contributed by atoms with Crippen LogP contribution < -0.4 is 0 Å². The van der Waals surface area contributed by atoms with Gasteiger partial charge in [-0.2, -0.15) is 0 Å². The lowest BCUT2D eigenvalue weighted by molar-refractivity contribution is -0.140. The van der Waals surface area contributed by atoms with Gasteiger partial charge < -0.3 is 9.84 Å². The third kappa shape index (κ3) is 3.04. The fourth-order valence-electron chi connectivity index (χ4n) is 2.22. The Morgan fingerprint density at radius 1 is 1.61 bits per heavy atom. The summed E-state index contributed by atoms with van der Waals surface area (Å²) < 4.78 is 4.59. The molecule has 0 spiro atoms. The molecule has 0 amide bonds. The van der Waals surface area contributed by atoms with Crippen LogP contribution in [0.3, 0.4) is 0 Å². The Bertz CT molecular complexity index is 434. The molecule has 1 aromatic heterocycles. The van der Waals surface area contributed by atoms with Gasteiger partial charge in [0, 0.05) is 24.9 Å². The summed E-state index contributed by atoms with van der Waals surface area (Å²) in [5.41, 5.74) is 2.19. The summed E-state index contributed by atoms with van der Waals surface area (Å²) in [6, 6.07) is 0. The molecule has 1 N–H and O–H groups in total. The van der Waals surface area contributed by atoms with Crippen LogP contribution in [0, 0.1) is 5.92 Å². The van der Waals surface area contributed by atoms with E-state index in [-0.39, 0.29) is 12.6 Å². The molecule has 0 bridgehead atoms. The van der Waals surface area contributed by atoms with Gasteiger partial charge in [-0.15, -0.1) is 0 Å². The van der Waals surface area contributed by atoms with Crippen LogP contribution in [0.25, 0.3) is 0 Å². The van der Waals surface area contributed by atoms with Crippen LogP contribution in [0.15, 0.2) is 6.20 Å². The standard InChI is InChI=1S/C13H18N2O3/c1-18-13(17)5-4-12-14-7-10-6-9(8-16)2-3-11(10)15-12/h7,9,16H,2-6,8H2,1H3. The second-order valence-electron chi connectivity index (χ2n) is 4.63. The molecule has 0 saturated heterocycles. The number of fused-ring (bicyclic) bond motifs is 1.